The molecule has 0 saturated heterocycles. The van der Waals surface area contributed by atoms with Gasteiger partial charge in [-0.05, 0) is 54.3 Å². The molecule has 0 fully saturated rings. The van der Waals surface area contributed by atoms with E-state index in [4.69, 9.17) is 4.74 Å². The van der Waals surface area contributed by atoms with E-state index in [1.54, 1.807) is 43.6 Å². The van der Waals surface area contributed by atoms with E-state index in [1.807, 2.05) is 19.1 Å². The molecule has 5 nitrogen and oxygen atoms in total. The molecule has 0 aliphatic heterocycles. The van der Waals surface area contributed by atoms with E-state index in [2.05, 4.69) is 31.3 Å². The molecule has 1 unspecified atom stereocenters. The minimum absolute atomic E-state index is 0.148. The highest BCUT2D eigenvalue weighted by Gasteiger charge is 2.13. The van der Waals surface area contributed by atoms with Crippen molar-refractivity contribution in [2.24, 2.45) is 0 Å². The molecule has 2 aromatic carbocycles. The molecule has 3 rings (SSSR count). The Morgan fingerprint density at radius 1 is 0.897 bits per heavy atom. The summed E-state index contributed by atoms with van der Waals surface area (Å²) in [6.45, 7) is 6.25. The standard InChI is InChI=1S/C24H26N2O3/c1-16(2)18-5-7-19(8-6-18)17(3)25-24(28)20-9-14-23(27)26(15-20)21-10-12-22(29-4)13-11-21/h5-17H,1-4H3,(H,25,28). The molecule has 1 aromatic heterocycles. The molecule has 0 spiro atoms. The van der Waals surface area contributed by atoms with Gasteiger partial charge in [-0.25, -0.2) is 0 Å². The Balaban J connectivity index is 1.79. The van der Waals surface area contributed by atoms with Gasteiger partial charge in [0.25, 0.3) is 11.5 Å². The third-order valence-corrected chi connectivity index (χ3v) is 4.97. The Kier molecular flexibility index (Phi) is 6.17. The maximum atomic E-state index is 12.8. The van der Waals surface area contributed by atoms with E-state index in [-0.39, 0.29) is 17.5 Å². The van der Waals surface area contributed by atoms with Crippen LogP contribution in [0.3, 0.4) is 0 Å². The first kappa shape index (κ1) is 20.4. The summed E-state index contributed by atoms with van der Waals surface area (Å²) in [5.74, 6) is 0.939. The molecule has 3 aromatic rings. The fourth-order valence-corrected chi connectivity index (χ4v) is 3.10. The second-order valence-electron chi connectivity index (χ2n) is 7.34. The van der Waals surface area contributed by atoms with Gasteiger partial charge in [0, 0.05) is 18.0 Å². The van der Waals surface area contributed by atoms with Crippen LogP contribution in [0.4, 0.5) is 0 Å². The summed E-state index contributed by atoms with van der Waals surface area (Å²) in [6.07, 6.45) is 1.56. The molecular formula is C24H26N2O3. The lowest BCUT2D eigenvalue weighted by atomic mass is 9.99. The van der Waals surface area contributed by atoms with Crippen molar-refractivity contribution in [3.63, 3.8) is 0 Å². The maximum absolute atomic E-state index is 12.8. The van der Waals surface area contributed by atoms with Crippen molar-refractivity contribution < 1.29 is 9.53 Å². The number of benzene rings is 2. The number of hydrogen-bond acceptors (Lipinski definition) is 3. The van der Waals surface area contributed by atoms with E-state index in [0.717, 1.165) is 5.56 Å². The minimum atomic E-state index is -0.229. The van der Waals surface area contributed by atoms with Crippen LogP contribution in [0.2, 0.25) is 0 Å². The van der Waals surface area contributed by atoms with Crippen LogP contribution in [0.15, 0.2) is 71.7 Å². The summed E-state index contributed by atoms with van der Waals surface area (Å²) in [6, 6.07) is 18.2. The largest absolute Gasteiger partial charge is 0.497 e. The number of hydrogen-bond donors (Lipinski definition) is 1. The van der Waals surface area contributed by atoms with Crippen LogP contribution >= 0.6 is 0 Å². The third-order valence-electron chi connectivity index (χ3n) is 4.97. The predicted octanol–water partition coefficient (Wildman–Crippen LogP) is 4.46. The first-order chi connectivity index (χ1) is 13.9. The van der Waals surface area contributed by atoms with Crippen molar-refractivity contribution in [2.45, 2.75) is 32.7 Å². The van der Waals surface area contributed by atoms with E-state index in [0.29, 0.717) is 22.9 Å². The zero-order chi connectivity index (χ0) is 21.0. The smallest absolute Gasteiger partial charge is 0.255 e. The van der Waals surface area contributed by atoms with E-state index < -0.39 is 0 Å². The van der Waals surface area contributed by atoms with Gasteiger partial charge in [0.15, 0.2) is 0 Å². The topological polar surface area (TPSA) is 60.3 Å². The van der Waals surface area contributed by atoms with Crippen LogP contribution < -0.4 is 15.6 Å². The highest BCUT2D eigenvalue weighted by molar-refractivity contribution is 5.94. The third kappa shape index (κ3) is 4.74. The fourth-order valence-electron chi connectivity index (χ4n) is 3.10. The number of methoxy groups -OCH3 is 1. The number of amides is 1. The Hall–Kier alpha value is -3.34. The molecule has 150 valence electrons. The fraction of sp³-hybridized carbons (Fsp3) is 0.250. The molecule has 1 heterocycles. The monoisotopic (exact) mass is 390 g/mol. The lowest BCUT2D eigenvalue weighted by Gasteiger charge is -2.16. The van der Waals surface area contributed by atoms with Gasteiger partial charge in [0.05, 0.1) is 18.7 Å². The summed E-state index contributed by atoms with van der Waals surface area (Å²) >= 11 is 0. The molecule has 0 bridgehead atoms. The van der Waals surface area contributed by atoms with Crippen LogP contribution in [0.1, 0.15) is 54.2 Å². The average molecular weight is 390 g/mol. The summed E-state index contributed by atoms with van der Waals surface area (Å²) < 4.78 is 6.61. The molecule has 0 aliphatic rings. The molecule has 1 amide bonds. The number of nitrogens with zero attached hydrogens (tertiary/aromatic N) is 1. The first-order valence-corrected chi connectivity index (χ1v) is 9.67. The Labute approximate surface area is 171 Å². The predicted molar refractivity (Wildman–Crippen MR) is 115 cm³/mol. The number of nitrogens with one attached hydrogen (secondary N) is 1. The molecule has 0 saturated carbocycles. The minimum Gasteiger partial charge on any atom is -0.497 e. The van der Waals surface area contributed by atoms with Gasteiger partial charge in [0.1, 0.15) is 5.75 Å². The molecule has 1 N–H and O–H groups in total. The van der Waals surface area contributed by atoms with Gasteiger partial charge in [-0.1, -0.05) is 38.1 Å². The summed E-state index contributed by atoms with van der Waals surface area (Å²) in [5.41, 5.74) is 3.18. The molecule has 0 radical (unpaired) electrons. The zero-order valence-corrected chi connectivity index (χ0v) is 17.2. The van der Waals surface area contributed by atoms with Gasteiger partial charge in [-0.15, -0.1) is 0 Å². The van der Waals surface area contributed by atoms with Crippen LogP contribution in [0.25, 0.3) is 5.69 Å². The van der Waals surface area contributed by atoms with Gasteiger partial charge in [-0.3, -0.25) is 14.2 Å². The van der Waals surface area contributed by atoms with E-state index >= 15 is 0 Å². The van der Waals surface area contributed by atoms with Crippen molar-refractivity contribution in [3.05, 3.63) is 93.9 Å². The van der Waals surface area contributed by atoms with Gasteiger partial charge >= 0.3 is 0 Å². The zero-order valence-electron chi connectivity index (χ0n) is 17.2. The van der Waals surface area contributed by atoms with Gasteiger partial charge < -0.3 is 10.1 Å². The lowest BCUT2D eigenvalue weighted by Crippen LogP contribution is -2.28. The second-order valence-corrected chi connectivity index (χ2v) is 7.34. The Morgan fingerprint density at radius 2 is 1.52 bits per heavy atom. The van der Waals surface area contributed by atoms with Crippen LogP contribution in [-0.2, 0) is 0 Å². The van der Waals surface area contributed by atoms with Gasteiger partial charge in [0.2, 0.25) is 0 Å². The molecule has 5 heteroatoms. The Bertz CT molecular complexity index is 1030. The number of aromatic nitrogens is 1. The van der Waals surface area contributed by atoms with Gasteiger partial charge in [-0.2, -0.15) is 0 Å². The normalized spacial score (nSPS) is 11.9. The first-order valence-electron chi connectivity index (χ1n) is 9.67. The average Bonchev–Trinajstić information content (AvgIpc) is 2.74. The number of rotatable bonds is 6. The molecule has 29 heavy (non-hydrogen) atoms. The van der Waals surface area contributed by atoms with Crippen molar-refractivity contribution >= 4 is 5.91 Å². The van der Waals surface area contributed by atoms with Crippen LogP contribution in [-0.4, -0.2) is 17.6 Å². The molecular weight excluding hydrogens is 364 g/mol. The maximum Gasteiger partial charge on any atom is 0.255 e. The number of ether oxygens (including phenoxy) is 1. The second kappa shape index (κ2) is 8.78. The number of carbonyl (C=O) groups excluding carboxylic acids is 1. The van der Waals surface area contributed by atoms with Crippen molar-refractivity contribution in [1.82, 2.24) is 9.88 Å². The SMILES string of the molecule is COc1ccc(-n2cc(C(=O)NC(C)c3ccc(C(C)C)cc3)ccc2=O)cc1. The highest BCUT2D eigenvalue weighted by atomic mass is 16.5. The molecule has 0 aliphatic carbocycles. The van der Waals surface area contributed by atoms with E-state index in [9.17, 15) is 9.59 Å². The summed E-state index contributed by atoms with van der Waals surface area (Å²) in [5, 5.41) is 3.00. The van der Waals surface area contributed by atoms with Crippen molar-refractivity contribution in [3.8, 4) is 11.4 Å². The number of carbonyl (C=O) groups is 1. The Morgan fingerprint density at radius 3 is 2.10 bits per heavy atom. The highest BCUT2D eigenvalue weighted by Crippen LogP contribution is 2.19. The number of pyridine rings is 1. The summed E-state index contributed by atoms with van der Waals surface area (Å²) in [7, 11) is 1.59. The lowest BCUT2D eigenvalue weighted by molar-refractivity contribution is 0.0939. The van der Waals surface area contributed by atoms with Crippen molar-refractivity contribution in [2.75, 3.05) is 7.11 Å². The van der Waals surface area contributed by atoms with Crippen LogP contribution in [0.5, 0.6) is 5.75 Å². The van der Waals surface area contributed by atoms with E-state index in [1.165, 1.54) is 16.2 Å². The quantitative estimate of drug-likeness (QED) is 0.676. The van der Waals surface area contributed by atoms with Crippen molar-refractivity contribution in [1.29, 1.82) is 0 Å². The molecule has 1 atom stereocenters. The van der Waals surface area contributed by atoms with Crippen LogP contribution in [0, 0.1) is 0 Å². The summed E-state index contributed by atoms with van der Waals surface area (Å²) in [4.78, 5) is 25.0.